The van der Waals surface area contributed by atoms with E-state index in [9.17, 15) is 0 Å². The Hall–Kier alpha value is -3.56. The summed E-state index contributed by atoms with van der Waals surface area (Å²) >= 11 is 0. The van der Waals surface area contributed by atoms with Crippen LogP contribution in [0.25, 0.3) is 38.6 Å². The molecule has 1 aliphatic carbocycles. The predicted octanol–water partition coefficient (Wildman–Crippen LogP) is 6.38. The maximum absolute atomic E-state index is 5.73. The van der Waals surface area contributed by atoms with Crippen molar-refractivity contribution >= 4 is 27.5 Å². The van der Waals surface area contributed by atoms with Crippen LogP contribution in [0.5, 0.6) is 0 Å². The smallest absolute Gasteiger partial charge is 0.0622 e. The number of para-hydroxylation sites is 1. The molecule has 3 heteroatoms. The molecule has 0 fully saturated rings. The lowest BCUT2D eigenvalue weighted by molar-refractivity contribution is 0.661. The number of fused-ring (bicyclic) bond motifs is 7. The van der Waals surface area contributed by atoms with Crippen molar-refractivity contribution in [3.8, 4) is 16.8 Å². The molecule has 30 heavy (non-hydrogen) atoms. The van der Waals surface area contributed by atoms with Gasteiger partial charge in [0.2, 0.25) is 0 Å². The molecule has 0 atom stereocenters. The number of nitrogens with two attached hydrogens (primary N) is 1. The highest BCUT2D eigenvalue weighted by Gasteiger charge is 2.37. The Morgan fingerprint density at radius 3 is 2.43 bits per heavy atom. The predicted molar refractivity (Wildman–Crippen MR) is 126 cm³/mol. The van der Waals surface area contributed by atoms with E-state index in [1.807, 2.05) is 12.1 Å². The third kappa shape index (κ3) is 2.13. The molecule has 1 heterocycles. The summed E-state index contributed by atoms with van der Waals surface area (Å²) in [5.41, 5.74) is 12.7. The molecule has 6 rings (SSSR count). The number of nitrogens with zero attached hydrogens (tertiary/aromatic N) is 1. The van der Waals surface area contributed by atoms with Gasteiger partial charge < -0.3 is 9.99 Å². The molecule has 3 nitrogen and oxygen atoms in total. The van der Waals surface area contributed by atoms with Crippen LogP contribution in [0.1, 0.15) is 25.0 Å². The molecule has 3 N–H and O–H groups in total. The molecule has 0 spiro atoms. The minimum Gasteiger partial charge on any atom is -0.324 e. The van der Waals surface area contributed by atoms with E-state index in [1.165, 1.54) is 44.1 Å². The average Bonchev–Trinajstić information content (AvgIpc) is 3.24. The largest absolute Gasteiger partial charge is 0.324 e. The Balaban J connectivity index is 1.84. The van der Waals surface area contributed by atoms with Crippen molar-refractivity contribution in [1.82, 2.24) is 4.57 Å². The Bertz CT molecular complexity index is 1460. The topological polar surface area (TPSA) is 43.0 Å². The van der Waals surface area contributed by atoms with E-state index in [2.05, 4.69) is 96.6 Å². The molecular weight excluding hydrogens is 366 g/mol. The van der Waals surface area contributed by atoms with Gasteiger partial charge in [0, 0.05) is 27.4 Å². The second-order valence-corrected chi connectivity index (χ2v) is 8.60. The number of hydrazine groups is 1. The van der Waals surface area contributed by atoms with Gasteiger partial charge in [0.05, 0.1) is 16.7 Å². The van der Waals surface area contributed by atoms with Crippen molar-refractivity contribution in [3.63, 3.8) is 0 Å². The van der Waals surface area contributed by atoms with Gasteiger partial charge in [-0.1, -0.05) is 74.5 Å². The Morgan fingerprint density at radius 1 is 0.767 bits per heavy atom. The summed E-state index contributed by atoms with van der Waals surface area (Å²) in [4.78, 5) is 0. The van der Waals surface area contributed by atoms with Crippen LogP contribution in [0.2, 0.25) is 0 Å². The molecule has 0 saturated heterocycles. The summed E-state index contributed by atoms with van der Waals surface area (Å²) < 4.78 is 2.39. The lowest BCUT2D eigenvalue weighted by atomic mass is 9.82. The van der Waals surface area contributed by atoms with Crippen molar-refractivity contribution in [2.45, 2.75) is 19.3 Å². The highest BCUT2D eigenvalue weighted by Crippen LogP contribution is 2.52. The summed E-state index contributed by atoms with van der Waals surface area (Å²) in [6, 6.07) is 30.4. The second-order valence-electron chi connectivity index (χ2n) is 8.60. The fourth-order valence-corrected chi connectivity index (χ4v) is 5.25. The Kier molecular flexibility index (Phi) is 3.45. The first-order valence-electron chi connectivity index (χ1n) is 10.3. The van der Waals surface area contributed by atoms with Crippen LogP contribution in [0.3, 0.4) is 0 Å². The zero-order chi connectivity index (χ0) is 20.5. The average molecular weight is 390 g/mol. The van der Waals surface area contributed by atoms with Crippen LogP contribution in [-0.2, 0) is 5.41 Å². The highest BCUT2D eigenvalue weighted by atomic mass is 15.2. The first-order chi connectivity index (χ1) is 14.6. The minimum atomic E-state index is -0.0257. The van der Waals surface area contributed by atoms with Crippen molar-refractivity contribution in [1.29, 1.82) is 0 Å². The number of benzene rings is 4. The number of rotatable bonds is 2. The number of nitrogens with one attached hydrogen (secondary N) is 1. The van der Waals surface area contributed by atoms with E-state index < -0.39 is 0 Å². The molecule has 1 aromatic heterocycles. The van der Waals surface area contributed by atoms with Crippen molar-refractivity contribution in [2.24, 2.45) is 5.84 Å². The fraction of sp³-hybridized carbons (Fsp3) is 0.111. The summed E-state index contributed by atoms with van der Waals surface area (Å²) in [5, 5.41) is 2.55. The molecule has 0 radical (unpaired) electrons. The van der Waals surface area contributed by atoms with Crippen molar-refractivity contribution in [3.05, 3.63) is 96.1 Å². The van der Waals surface area contributed by atoms with Gasteiger partial charge in [0.25, 0.3) is 0 Å². The van der Waals surface area contributed by atoms with Crippen LogP contribution < -0.4 is 11.3 Å². The van der Waals surface area contributed by atoms with E-state index in [1.54, 1.807) is 0 Å². The summed E-state index contributed by atoms with van der Waals surface area (Å²) in [5.74, 6) is 5.73. The summed E-state index contributed by atoms with van der Waals surface area (Å²) in [6.07, 6.45) is 0. The molecule has 146 valence electrons. The van der Waals surface area contributed by atoms with E-state index in [4.69, 9.17) is 5.84 Å². The quantitative estimate of drug-likeness (QED) is 0.272. The van der Waals surface area contributed by atoms with Gasteiger partial charge in [0.1, 0.15) is 0 Å². The minimum absolute atomic E-state index is 0.0257. The second kappa shape index (κ2) is 5.97. The van der Waals surface area contributed by atoms with Crippen molar-refractivity contribution < 1.29 is 0 Å². The SMILES string of the molecule is CC1(C)c2ccccc2-c2c1ccc1c3ccccc3n(-c3cccc(NN)c3)c21. The Morgan fingerprint density at radius 2 is 1.57 bits per heavy atom. The van der Waals surface area contributed by atoms with Gasteiger partial charge in [-0.25, -0.2) is 0 Å². The molecule has 0 unspecified atom stereocenters. The standard InChI is InChI=1S/C27H23N3/c1-27(2)22-12-5-3-11-21(22)25-23(27)15-14-20-19-10-4-6-13-24(19)30(26(20)25)18-9-7-8-17(16-18)29-28/h3-16,29H,28H2,1-2H3. The van der Waals surface area contributed by atoms with Gasteiger partial charge in [-0.3, -0.25) is 5.84 Å². The van der Waals surface area contributed by atoms with Crippen LogP contribution in [-0.4, -0.2) is 4.57 Å². The Labute approximate surface area is 175 Å². The monoisotopic (exact) mass is 389 g/mol. The number of anilines is 1. The van der Waals surface area contributed by atoms with E-state index in [0.29, 0.717) is 0 Å². The number of nitrogen functional groups attached to an aromatic ring is 1. The molecule has 4 aromatic carbocycles. The summed E-state index contributed by atoms with van der Waals surface area (Å²) in [6.45, 7) is 4.66. The highest BCUT2D eigenvalue weighted by molar-refractivity contribution is 6.15. The first-order valence-corrected chi connectivity index (χ1v) is 10.3. The number of hydrogen-bond donors (Lipinski definition) is 2. The van der Waals surface area contributed by atoms with Crippen LogP contribution >= 0.6 is 0 Å². The van der Waals surface area contributed by atoms with Gasteiger partial charge in [-0.2, -0.15) is 0 Å². The zero-order valence-electron chi connectivity index (χ0n) is 17.1. The first kappa shape index (κ1) is 17.3. The maximum atomic E-state index is 5.73. The molecule has 0 saturated carbocycles. The molecular formula is C27H23N3. The molecule has 1 aliphatic rings. The van der Waals surface area contributed by atoms with Gasteiger partial charge >= 0.3 is 0 Å². The van der Waals surface area contributed by atoms with E-state index in [0.717, 1.165) is 11.4 Å². The fourth-order valence-electron chi connectivity index (χ4n) is 5.25. The lowest BCUT2D eigenvalue weighted by Gasteiger charge is -2.21. The summed E-state index contributed by atoms with van der Waals surface area (Å²) in [7, 11) is 0. The van der Waals surface area contributed by atoms with E-state index in [-0.39, 0.29) is 5.41 Å². The van der Waals surface area contributed by atoms with E-state index >= 15 is 0 Å². The zero-order valence-corrected chi connectivity index (χ0v) is 17.1. The van der Waals surface area contributed by atoms with Crippen LogP contribution in [0.15, 0.2) is 84.9 Å². The molecule has 0 amide bonds. The van der Waals surface area contributed by atoms with Gasteiger partial charge in [-0.05, 0) is 41.0 Å². The maximum Gasteiger partial charge on any atom is 0.0622 e. The molecule has 5 aromatic rings. The third-order valence-electron chi connectivity index (χ3n) is 6.65. The van der Waals surface area contributed by atoms with Crippen LogP contribution in [0, 0.1) is 0 Å². The third-order valence-corrected chi connectivity index (χ3v) is 6.65. The van der Waals surface area contributed by atoms with Crippen LogP contribution in [0.4, 0.5) is 5.69 Å². The number of aromatic nitrogens is 1. The molecule has 0 bridgehead atoms. The van der Waals surface area contributed by atoms with Gasteiger partial charge in [0.15, 0.2) is 0 Å². The lowest BCUT2D eigenvalue weighted by Crippen LogP contribution is -2.14. The van der Waals surface area contributed by atoms with Gasteiger partial charge in [-0.15, -0.1) is 0 Å². The normalized spacial score (nSPS) is 14.1. The molecule has 0 aliphatic heterocycles. The number of hydrogen-bond acceptors (Lipinski definition) is 2. The van der Waals surface area contributed by atoms with Crippen molar-refractivity contribution in [2.75, 3.05) is 5.43 Å².